The van der Waals surface area contributed by atoms with Crippen LogP contribution in [-0.2, 0) is 14.8 Å². The van der Waals surface area contributed by atoms with Crippen LogP contribution in [0.15, 0.2) is 59.5 Å². The number of nitrogens with zero attached hydrogens (tertiary/aromatic N) is 2. The maximum atomic E-state index is 12.9. The van der Waals surface area contributed by atoms with E-state index in [1.165, 1.54) is 16.4 Å². The lowest BCUT2D eigenvalue weighted by atomic mass is 9.99. The molecular formula is C19H19N3O3S. The Morgan fingerprint density at radius 3 is 2.54 bits per heavy atom. The SMILES string of the molecule is N#Cc1ccccc1S(=O)(=O)N1CCCC(C(=O)Nc2ccccc2)C1. The molecule has 0 radical (unpaired) electrons. The van der Waals surface area contributed by atoms with Crippen LogP contribution < -0.4 is 5.32 Å². The van der Waals surface area contributed by atoms with E-state index in [2.05, 4.69) is 5.32 Å². The fourth-order valence-electron chi connectivity index (χ4n) is 3.06. The maximum Gasteiger partial charge on any atom is 0.244 e. The van der Waals surface area contributed by atoms with Gasteiger partial charge in [0, 0.05) is 18.8 Å². The number of carbonyl (C=O) groups is 1. The first-order chi connectivity index (χ1) is 12.5. The summed E-state index contributed by atoms with van der Waals surface area (Å²) in [5.41, 5.74) is 0.802. The summed E-state index contributed by atoms with van der Waals surface area (Å²) in [6.07, 6.45) is 1.23. The number of benzene rings is 2. The molecule has 2 aromatic rings. The van der Waals surface area contributed by atoms with E-state index >= 15 is 0 Å². The van der Waals surface area contributed by atoms with Gasteiger partial charge in [-0.2, -0.15) is 9.57 Å². The quantitative estimate of drug-likeness (QED) is 0.897. The van der Waals surface area contributed by atoms with Crippen LogP contribution in [0.2, 0.25) is 0 Å². The van der Waals surface area contributed by atoms with Crippen LogP contribution in [-0.4, -0.2) is 31.7 Å². The van der Waals surface area contributed by atoms with Crippen molar-refractivity contribution in [2.24, 2.45) is 5.92 Å². The molecule has 1 fully saturated rings. The second-order valence-electron chi connectivity index (χ2n) is 6.17. The molecule has 1 unspecified atom stereocenters. The normalized spacial score (nSPS) is 18.0. The molecule has 2 aromatic carbocycles. The number of anilines is 1. The van der Waals surface area contributed by atoms with Crippen LogP contribution in [0.5, 0.6) is 0 Å². The van der Waals surface area contributed by atoms with Gasteiger partial charge in [0.05, 0.1) is 16.4 Å². The van der Waals surface area contributed by atoms with Crippen LogP contribution in [0, 0.1) is 17.2 Å². The van der Waals surface area contributed by atoms with Gasteiger partial charge in [-0.15, -0.1) is 0 Å². The molecule has 0 aromatic heterocycles. The zero-order valence-electron chi connectivity index (χ0n) is 14.1. The zero-order valence-corrected chi connectivity index (χ0v) is 14.9. The topological polar surface area (TPSA) is 90.3 Å². The molecule has 3 rings (SSSR count). The Hall–Kier alpha value is -2.69. The Morgan fingerprint density at radius 2 is 1.81 bits per heavy atom. The number of para-hydroxylation sites is 1. The molecule has 1 heterocycles. The van der Waals surface area contributed by atoms with Crippen LogP contribution in [0.1, 0.15) is 18.4 Å². The Labute approximate surface area is 153 Å². The van der Waals surface area contributed by atoms with Crippen LogP contribution in [0.3, 0.4) is 0 Å². The standard InChI is InChI=1S/C19H19N3O3S/c20-13-15-7-4-5-11-18(15)26(24,25)22-12-6-8-16(14-22)19(23)21-17-9-2-1-3-10-17/h1-5,7,9-11,16H,6,8,12,14H2,(H,21,23). The average molecular weight is 369 g/mol. The minimum absolute atomic E-state index is 0.00776. The summed E-state index contributed by atoms with van der Waals surface area (Å²) in [5.74, 6) is -0.613. The Kier molecular flexibility index (Phi) is 5.35. The highest BCUT2D eigenvalue weighted by Crippen LogP contribution is 2.26. The van der Waals surface area contributed by atoms with E-state index in [4.69, 9.17) is 0 Å². The molecule has 0 aliphatic carbocycles. The lowest BCUT2D eigenvalue weighted by Gasteiger charge is -2.31. The highest BCUT2D eigenvalue weighted by Gasteiger charge is 2.34. The van der Waals surface area contributed by atoms with E-state index in [1.807, 2.05) is 24.3 Å². The first kappa shape index (κ1) is 18.1. The Morgan fingerprint density at radius 1 is 1.12 bits per heavy atom. The lowest BCUT2D eigenvalue weighted by molar-refractivity contribution is -0.120. The predicted octanol–water partition coefficient (Wildman–Crippen LogP) is 2.60. The molecule has 1 amide bonds. The molecule has 1 aliphatic heterocycles. The molecule has 0 bridgehead atoms. The summed E-state index contributed by atoms with van der Waals surface area (Å²) in [6.45, 7) is 0.456. The molecule has 7 heteroatoms. The average Bonchev–Trinajstić information content (AvgIpc) is 2.68. The van der Waals surface area contributed by atoms with Gasteiger partial charge >= 0.3 is 0 Å². The van der Waals surface area contributed by atoms with Crippen molar-refractivity contribution in [2.45, 2.75) is 17.7 Å². The third-order valence-corrected chi connectivity index (χ3v) is 6.34. The first-order valence-electron chi connectivity index (χ1n) is 8.37. The summed E-state index contributed by atoms with van der Waals surface area (Å²) in [6, 6.07) is 17.1. The van der Waals surface area contributed by atoms with Crippen LogP contribution in [0.4, 0.5) is 5.69 Å². The number of amides is 1. The molecular weight excluding hydrogens is 350 g/mol. The monoisotopic (exact) mass is 369 g/mol. The molecule has 1 aliphatic rings. The van der Waals surface area contributed by atoms with Gasteiger partial charge in [-0.3, -0.25) is 4.79 Å². The molecule has 0 spiro atoms. The van der Waals surface area contributed by atoms with Crippen LogP contribution >= 0.6 is 0 Å². The van der Waals surface area contributed by atoms with E-state index in [0.717, 1.165) is 0 Å². The fourth-order valence-corrected chi connectivity index (χ4v) is 4.73. The van der Waals surface area contributed by atoms with Crippen molar-refractivity contribution in [3.8, 4) is 6.07 Å². The van der Waals surface area contributed by atoms with Gasteiger partial charge in [0.2, 0.25) is 15.9 Å². The van der Waals surface area contributed by atoms with Gasteiger partial charge in [0.1, 0.15) is 6.07 Å². The molecule has 26 heavy (non-hydrogen) atoms. The summed E-state index contributed by atoms with van der Waals surface area (Å²) in [5, 5.41) is 12.0. The van der Waals surface area contributed by atoms with E-state index in [1.54, 1.807) is 24.3 Å². The molecule has 0 saturated carbocycles. The van der Waals surface area contributed by atoms with E-state index in [0.29, 0.717) is 25.1 Å². The number of nitrogens with one attached hydrogen (secondary N) is 1. The Bertz CT molecular complexity index is 936. The van der Waals surface area contributed by atoms with Gasteiger partial charge in [-0.1, -0.05) is 30.3 Å². The maximum absolute atomic E-state index is 12.9. The fraction of sp³-hybridized carbons (Fsp3) is 0.263. The highest BCUT2D eigenvalue weighted by atomic mass is 32.2. The van der Waals surface area contributed by atoms with Crippen molar-refractivity contribution in [3.63, 3.8) is 0 Å². The molecule has 1 atom stereocenters. The number of hydrogen-bond acceptors (Lipinski definition) is 4. The number of rotatable bonds is 4. The summed E-state index contributed by atoms with van der Waals surface area (Å²) in [4.78, 5) is 12.5. The second-order valence-corrected chi connectivity index (χ2v) is 8.07. The van der Waals surface area contributed by atoms with E-state index in [-0.39, 0.29) is 22.9 Å². The van der Waals surface area contributed by atoms with E-state index in [9.17, 15) is 18.5 Å². The van der Waals surface area contributed by atoms with Crippen molar-refractivity contribution in [1.29, 1.82) is 5.26 Å². The third-order valence-electron chi connectivity index (χ3n) is 4.42. The van der Waals surface area contributed by atoms with Crippen LogP contribution in [0.25, 0.3) is 0 Å². The third kappa shape index (κ3) is 3.77. The first-order valence-corrected chi connectivity index (χ1v) is 9.81. The van der Waals surface area contributed by atoms with Gasteiger partial charge in [-0.05, 0) is 37.1 Å². The highest BCUT2D eigenvalue weighted by molar-refractivity contribution is 7.89. The lowest BCUT2D eigenvalue weighted by Crippen LogP contribution is -2.43. The number of hydrogen-bond donors (Lipinski definition) is 1. The molecule has 1 saturated heterocycles. The number of sulfonamides is 1. The summed E-state index contributed by atoms with van der Waals surface area (Å²) >= 11 is 0. The number of nitriles is 1. The van der Waals surface area contributed by atoms with Crippen molar-refractivity contribution in [3.05, 3.63) is 60.2 Å². The van der Waals surface area contributed by atoms with Crippen molar-refractivity contribution in [2.75, 3.05) is 18.4 Å². The van der Waals surface area contributed by atoms with Gasteiger partial charge in [0.15, 0.2) is 0 Å². The van der Waals surface area contributed by atoms with Gasteiger partial charge in [-0.25, -0.2) is 8.42 Å². The Balaban J connectivity index is 1.77. The molecule has 1 N–H and O–H groups in total. The summed E-state index contributed by atoms with van der Waals surface area (Å²) < 4.78 is 27.2. The van der Waals surface area contributed by atoms with E-state index < -0.39 is 15.9 Å². The molecule has 6 nitrogen and oxygen atoms in total. The smallest absolute Gasteiger partial charge is 0.244 e. The predicted molar refractivity (Wildman–Crippen MR) is 97.7 cm³/mol. The van der Waals surface area contributed by atoms with Gasteiger partial charge < -0.3 is 5.32 Å². The van der Waals surface area contributed by atoms with Crippen molar-refractivity contribution < 1.29 is 13.2 Å². The summed E-state index contributed by atoms with van der Waals surface area (Å²) in [7, 11) is -3.81. The minimum atomic E-state index is -3.81. The van der Waals surface area contributed by atoms with Crippen molar-refractivity contribution in [1.82, 2.24) is 4.31 Å². The number of piperidine rings is 1. The minimum Gasteiger partial charge on any atom is -0.326 e. The largest absolute Gasteiger partial charge is 0.326 e. The second kappa shape index (κ2) is 7.68. The molecule has 134 valence electrons. The van der Waals surface area contributed by atoms with Gasteiger partial charge in [0.25, 0.3) is 0 Å². The number of carbonyl (C=O) groups excluding carboxylic acids is 1. The zero-order chi connectivity index (χ0) is 18.6. The van der Waals surface area contributed by atoms with Crippen molar-refractivity contribution >= 4 is 21.6 Å².